The molecule has 1 aromatic rings. The number of hydrogen-bond acceptors (Lipinski definition) is 4. The van der Waals surface area contributed by atoms with Gasteiger partial charge in [0.1, 0.15) is 10.7 Å². The first-order chi connectivity index (χ1) is 9.10. The molecule has 0 aliphatic carbocycles. The molecule has 0 bridgehead atoms. The number of sulfonamides is 1. The molecule has 0 saturated carbocycles. The Labute approximate surface area is 117 Å². The van der Waals surface area contributed by atoms with Crippen molar-refractivity contribution in [1.29, 1.82) is 0 Å². The van der Waals surface area contributed by atoms with Gasteiger partial charge in [-0.3, -0.25) is 4.79 Å². The van der Waals surface area contributed by atoms with Crippen molar-refractivity contribution < 1.29 is 17.6 Å². The Morgan fingerprint density at radius 1 is 1.40 bits per heavy atom. The monoisotopic (exact) mass is 303 g/mol. The molecule has 1 aromatic carbocycles. The SMILES string of the molecule is CNC(=O)C(C)(C)CNS(=O)(=O)c1ccc(F)cc1N. The molecule has 0 atom stereocenters. The van der Waals surface area contributed by atoms with Crippen LogP contribution in [0.1, 0.15) is 13.8 Å². The van der Waals surface area contributed by atoms with Gasteiger partial charge in [0.25, 0.3) is 0 Å². The summed E-state index contributed by atoms with van der Waals surface area (Å²) >= 11 is 0. The maximum absolute atomic E-state index is 12.9. The van der Waals surface area contributed by atoms with Crippen LogP contribution in [0.2, 0.25) is 0 Å². The van der Waals surface area contributed by atoms with Gasteiger partial charge in [-0.1, -0.05) is 0 Å². The number of rotatable bonds is 5. The van der Waals surface area contributed by atoms with Crippen LogP contribution in [-0.4, -0.2) is 27.9 Å². The van der Waals surface area contributed by atoms with Crippen LogP contribution in [0.3, 0.4) is 0 Å². The zero-order valence-corrected chi connectivity index (χ0v) is 12.3. The minimum absolute atomic E-state index is 0.105. The lowest BCUT2D eigenvalue weighted by atomic mass is 9.93. The van der Waals surface area contributed by atoms with Gasteiger partial charge in [0.05, 0.1) is 11.1 Å². The number of carbonyl (C=O) groups is 1. The Kier molecular flexibility index (Phi) is 4.72. The second-order valence-corrected chi connectivity index (χ2v) is 6.71. The van der Waals surface area contributed by atoms with Crippen LogP contribution >= 0.6 is 0 Å². The van der Waals surface area contributed by atoms with Gasteiger partial charge < -0.3 is 11.1 Å². The van der Waals surface area contributed by atoms with E-state index in [1.54, 1.807) is 13.8 Å². The molecule has 1 amide bonds. The third kappa shape index (κ3) is 3.67. The first-order valence-corrected chi connectivity index (χ1v) is 7.35. The van der Waals surface area contributed by atoms with Gasteiger partial charge in [-0.25, -0.2) is 17.5 Å². The summed E-state index contributed by atoms with van der Waals surface area (Å²) in [7, 11) is -2.44. The lowest BCUT2D eigenvalue weighted by Gasteiger charge is -2.23. The standard InChI is InChI=1S/C12H18FN3O3S/c1-12(2,11(17)15-3)7-16-20(18,19)10-5-4-8(13)6-9(10)14/h4-6,16H,7,14H2,1-3H3,(H,15,17). The van der Waals surface area contributed by atoms with Gasteiger partial charge >= 0.3 is 0 Å². The number of nitrogens with one attached hydrogen (secondary N) is 2. The molecule has 0 saturated heterocycles. The number of hydrogen-bond donors (Lipinski definition) is 3. The van der Waals surface area contributed by atoms with Crippen LogP contribution in [-0.2, 0) is 14.8 Å². The lowest BCUT2D eigenvalue weighted by Crippen LogP contribution is -2.43. The van der Waals surface area contributed by atoms with Crippen molar-refractivity contribution >= 4 is 21.6 Å². The summed E-state index contributed by atoms with van der Waals surface area (Å²) < 4.78 is 39.4. The van der Waals surface area contributed by atoms with Gasteiger partial charge in [-0.2, -0.15) is 0 Å². The molecule has 0 aliphatic heterocycles. The van der Waals surface area contributed by atoms with Crippen LogP contribution in [0.4, 0.5) is 10.1 Å². The second kappa shape index (κ2) is 5.76. The highest BCUT2D eigenvalue weighted by Crippen LogP contribution is 2.20. The smallest absolute Gasteiger partial charge is 0.242 e. The number of halogens is 1. The number of nitrogen functional groups attached to an aromatic ring is 1. The van der Waals surface area contributed by atoms with E-state index in [4.69, 9.17) is 5.73 Å². The molecule has 20 heavy (non-hydrogen) atoms. The fraction of sp³-hybridized carbons (Fsp3) is 0.417. The highest BCUT2D eigenvalue weighted by Gasteiger charge is 2.29. The van der Waals surface area contributed by atoms with Crippen LogP contribution in [0.25, 0.3) is 0 Å². The quantitative estimate of drug-likeness (QED) is 0.688. The predicted molar refractivity (Wildman–Crippen MR) is 73.8 cm³/mol. The summed E-state index contributed by atoms with van der Waals surface area (Å²) in [4.78, 5) is 11.4. The van der Waals surface area contributed by atoms with Crippen molar-refractivity contribution in [2.45, 2.75) is 18.7 Å². The summed E-state index contributed by atoms with van der Waals surface area (Å²) in [6.07, 6.45) is 0. The predicted octanol–water partition coefficient (Wildman–Crippen LogP) is 0.458. The first kappa shape index (κ1) is 16.4. The molecule has 0 radical (unpaired) electrons. The number of anilines is 1. The van der Waals surface area contributed by atoms with Gasteiger partial charge in [0.2, 0.25) is 15.9 Å². The number of amides is 1. The molecule has 4 N–H and O–H groups in total. The topological polar surface area (TPSA) is 101 Å². The Balaban J connectivity index is 2.94. The third-order valence-electron chi connectivity index (χ3n) is 2.81. The van der Waals surface area contributed by atoms with Gasteiger partial charge in [-0.15, -0.1) is 0 Å². The summed E-state index contributed by atoms with van der Waals surface area (Å²) in [6, 6.07) is 3.02. The Bertz CT molecular complexity index is 614. The number of carbonyl (C=O) groups excluding carboxylic acids is 1. The summed E-state index contributed by atoms with van der Waals surface area (Å²) in [5.41, 5.74) is 4.39. The molecular weight excluding hydrogens is 285 g/mol. The van der Waals surface area contributed by atoms with Crippen molar-refractivity contribution in [3.8, 4) is 0 Å². The van der Waals surface area contributed by atoms with E-state index in [0.717, 1.165) is 18.2 Å². The number of benzene rings is 1. The highest BCUT2D eigenvalue weighted by atomic mass is 32.2. The summed E-state index contributed by atoms with van der Waals surface area (Å²) in [5, 5.41) is 2.45. The maximum atomic E-state index is 12.9. The van der Waals surface area contributed by atoms with Crippen molar-refractivity contribution in [1.82, 2.24) is 10.0 Å². The maximum Gasteiger partial charge on any atom is 0.242 e. The molecule has 0 heterocycles. The fourth-order valence-corrected chi connectivity index (χ4v) is 2.86. The number of nitrogens with two attached hydrogens (primary N) is 1. The molecular formula is C12H18FN3O3S. The van der Waals surface area contributed by atoms with E-state index in [1.807, 2.05) is 0 Å². The average molecular weight is 303 g/mol. The minimum atomic E-state index is -3.90. The van der Waals surface area contributed by atoms with Gasteiger partial charge in [0, 0.05) is 13.6 Å². The average Bonchev–Trinajstić information content (AvgIpc) is 2.35. The zero-order valence-electron chi connectivity index (χ0n) is 11.5. The van der Waals surface area contributed by atoms with Crippen LogP contribution in [0, 0.1) is 11.2 Å². The van der Waals surface area contributed by atoms with Crippen LogP contribution < -0.4 is 15.8 Å². The highest BCUT2D eigenvalue weighted by molar-refractivity contribution is 7.89. The molecule has 0 aromatic heterocycles. The van der Waals surface area contributed by atoms with Crippen LogP contribution in [0.5, 0.6) is 0 Å². The van der Waals surface area contributed by atoms with Crippen molar-refractivity contribution in [2.75, 3.05) is 19.3 Å². The Morgan fingerprint density at radius 3 is 2.50 bits per heavy atom. The van der Waals surface area contributed by atoms with E-state index in [0.29, 0.717) is 0 Å². The normalized spacial score (nSPS) is 12.2. The third-order valence-corrected chi connectivity index (χ3v) is 4.28. The van der Waals surface area contributed by atoms with E-state index in [1.165, 1.54) is 7.05 Å². The van der Waals surface area contributed by atoms with E-state index >= 15 is 0 Å². The first-order valence-electron chi connectivity index (χ1n) is 5.87. The molecule has 0 spiro atoms. The fourth-order valence-electron chi connectivity index (χ4n) is 1.54. The molecule has 1 rings (SSSR count). The Morgan fingerprint density at radius 2 is 2.00 bits per heavy atom. The molecule has 8 heteroatoms. The summed E-state index contributed by atoms with van der Waals surface area (Å²) in [5.74, 6) is -0.917. The second-order valence-electron chi connectivity index (χ2n) is 4.97. The largest absolute Gasteiger partial charge is 0.398 e. The molecule has 6 nitrogen and oxygen atoms in total. The molecule has 0 aliphatic rings. The van der Waals surface area contributed by atoms with Crippen LogP contribution in [0.15, 0.2) is 23.1 Å². The minimum Gasteiger partial charge on any atom is -0.398 e. The van der Waals surface area contributed by atoms with Crippen molar-refractivity contribution in [3.05, 3.63) is 24.0 Å². The van der Waals surface area contributed by atoms with Crippen molar-refractivity contribution in [3.63, 3.8) is 0 Å². The van der Waals surface area contributed by atoms with Gasteiger partial charge in [0.15, 0.2) is 0 Å². The Hall–Kier alpha value is -1.67. The molecule has 0 unspecified atom stereocenters. The van der Waals surface area contributed by atoms with E-state index in [-0.39, 0.29) is 23.0 Å². The van der Waals surface area contributed by atoms with E-state index < -0.39 is 21.3 Å². The molecule has 0 fully saturated rings. The lowest BCUT2D eigenvalue weighted by molar-refractivity contribution is -0.128. The van der Waals surface area contributed by atoms with Crippen molar-refractivity contribution in [2.24, 2.45) is 5.41 Å². The van der Waals surface area contributed by atoms with Gasteiger partial charge in [-0.05, 0) is 32.0 Å². The summed E-state index contributed by atoms with van der Waals surface area (Å²) in [6.45, 7) is 3.09. The zero-order chi connectivity index (χ0) is 15.6. The van der Waals surface area contributed by atoms with E-state index in [2.05, 4.69) is 10.0 Å². The molecule has 112 valence electrons. The van der Waals surface area contributed by atoms with E-state index in [9.17, 15) is 17.6 Å².